The lowest BCUT2D eigenvalue weighted by Gasteiger charge is -2.21. The van der Waals surface area contributed by atoms with E-state index in [1.807, 2.05) is 25.3 Å². The minimum atomic E-state index is -0.293. The second kappa shape index (κ2) is 11.8. The molecule has 0 aliphatic heterocycles. The van der Waals surface area contributed by atoms with Crippen LogP contribution in [0.25, 0.3) is 0 Å². The zero-order chi connectivity index (χ0) is 22.0. The molecule has 0 radical (unpaired) electrons. The molecule has 0 aromatic rings. The lowest BCUT2D eigenvalue weighted by Crippen LogP contribution is -2.11. The van der Waals surface area contributed by atoms with Gasteiger partial charge in [-0.1, -0.05) is 79.0 Å². The van der Waals surface area contributed by atoms with E-state index in [9.17, 15) is 4.39 Å². The van der Waals surface area contributed by atoms with Crippen LogP contribution in [0.5, 0.6) is 0 Å². The number of hydrogen-bond acceptors (Lipinski definition) is 1. The number of rotatable bonds is 9. The SMILES string of the molecule is C=C/C(=C\CC/C=C(\C=NCC(=C/C)/C(C)=C(/F)C=C)C(C)(C)C)C(C)(C)C. The minimum absolute atomic E-state index is 0.00580. The van der Waals surface area contributed by atoms with E-state index in [0.717, 1.165) is 18.4 Å². The Bertz CT molecular complexity index is 683. The highest BCUT2D eigenvalue weighted by Crippen LogP contribution is 2.28. The average molecular weight is 386 g/mol. The van der Waals surface area contributed by atoms with Gasteiger partial charge in [0.2, 0.25) is 0 Å². The van der Waals surface area contributed by atoms with Crippen molar-refractivity contribution >= 4 is 6.21 Å². The van der Waals surface area contributed by atoms with Crippen LogP contribution in [0.2, 0.25) is 0 Å². The van der Waals surface area contributed by atoms with E-state index < -0.39 is 0 Å². The van der Waals surface area contributed by atoms with Gasteiger partial charge in [-0.2, -0.15) is 0 Å². The predicted molar refractivity (Wildman–Crippen MR) is 126 cm³/mol. The van der Waals surface area contributed by atoms with E-state index in [4.69, 9.17) is 0 Å². The lowest BCUT2D eigenvalue weighted by molar-refractivity contribution is 0.514. The maximum atomic E-state index is 13.8. The molecular weight excluding hydrogens is 345 g/mol. The third-order valence-electron chi connectivity index (χ3n) is 4.71. The molecule has 0 heterocycles. The Labute approximate surface area is 173 Å². The van der Waals surface area contributed by atoms with Crippen LogP contribution in [0.15, 0.2) is 76.6 Å². The van der Waals surface area contributed by atoms with E-state index in [1.165, 1.54) is 17.2 Å². The van der Waals surface area contributed by atoms with Gasteiger partial charge in [0.1, 0.15) is 5.83 Å². The Kier molecular flexibility index (Phi) is 11.0. The number of aliphatic imine (C=N–C) groups is 1. The van der Waals surface area contributed by atoms with Gasteiger partial charge in [-0.05, 0) is 65.9 Å². The molecule has 0 aliphatic rings. The molecule has 0 aliphatic carbocycles. The first kappa shape index (κ1) is 26.0. The molecule has 0 saturated carbocycles. The fraction of sp³-hybridized carbons (Fsp3) is 0.500. The summed E-state index contributed by atoms with van der Waals surface area (Å²) in [5, 5.41) is 0. The van der Waals surface area contributed by atoms with Crippen molar-refractivity contribution in [3.05, 3.63) is 71.7 Å². The van der Waals surface area contributed by atoms with Crippen molar-refractivity contribution in [2.75, 3.05) is 6.54 Å². The predicted octanol–water partition coefficient (Wildman–Crippen LogP) is 8.34. The van der Waals surface area contributed by atoms with E-state index in [2.05, 4.69) is 71.8 Å². The molecule has 2 heteroatoms. The summed E-state index contributed by atoms with van der Waals surface area (Å²) in [6.07, 6.45) is 13.5. The standard InChI is InChI=1S/C26H40FN/c1-11-21(20(4)24(27)13-3)18-28-19-23(26(8,9)10)17-15-14-16-22(12-2)25(5,6)7/h11-13,16-17,19H,2-3,14-15,18H2,1,4-10H3/b21-11-,22-16+,23-17+,24-20+,28-19?. The Morgan fingerprint density at radius 2 is 1.39 bits per heavy atom. The Hall–Kier alpha value is -1.96. The molecule has 0 unspecified atom stereocenters. The van der Waals surface area contributed by atoms with Crippen LogP contribution in [0.1, 0.15) is 68.2 Å². The number of halogens is 1. The molecule has 0 spiro atoms. The Balaban J connectivity index is 5.29. The van der Waals surface area contributed by atoms with Gasteiger partial charge in [0.25, 0.3) is 0 Å². The molecule has 0 rings (SSSR count). The highest BCUT2D eigenvalue weighted by atomic mass is 19.1. The van der Waals surface area contributed by atoms with Crippen molar-refractivity contribution in [1.29, 1.82) is 0 Å². The zero-order valence-corrected chi connectivity index (χ0v) is 19.3. The molecule has 1 nitrogen and oxygen atoms in total. The maximum Gasteiger partial charge on any atom is 0.125 e. The summed E-state index contributed by atoms with van der Waals surface area (Å²) in [5.74, 6) is -0.293. The quantitative estimate of drug-likeness (QED) is 0.215. The number of nitrogens with zero attached hydrogens (tertiary/aromatic N) is 1. The number of hydrogen-bond donors (Lipinski definition) is 0. The van der Waals surface area contributed by atoms with E-state index >= 15 is 0 Å². The van der Waals surface area contributed by atoms with Crippen molar-refractivity contribution in [2.24, 2.45) is 15.8 Å². The van der Waals surface area contributed by atoms with Crippen molar-refractivity contribution in [3.63, 3.8) is 0 Å². The van der Waals surface area contributed by atoms with Gasteiger partial charge >= 0.3 is 0 Å². The first-order valence-corrected chi connectivity index (χ1v) is 10.1. The summed E-state index contributed by atoms with van der Waals surface area (Å²) in [4.78, 5) is 4.59. The van der Waals surface area contributed by atoms with Gasteiger partial charge in [-0.25, -0.2) is 4.39 Å². The van der Waals surface area contributed by atoms with Crippen LogP contribution in [-0.2, 0) is 0 Å². The van der Waals surface area contributed by atoms with Crippen LogP contribution in [0.4, 0.5) is 4.39 Å². The molecular formula is C26H40FN. The molecule has 0 aromatic carbocycles. The van der Waals surface area contributed by atoms with Gasteiger partial charge < -0.3 is 0 Å². The lowest BCUT2D eigenvalue weighted by atomic mass is 9.85. The van der Waals surface area contributed by atoms with Crippen molar-refractivity contribution < 1.29 is 4.39 Å². The van der Waals surface area contributed by atoms with E-state index in [-0.39, 0.29) is 16.7 Å². The van der Waals surface area contributed by atoms with Crippen LogP contribution in [0.3, 0.4) is 0 Å². The molecule has 0 amide bonds. The minimum Gasteiger partial charge on any atom is -0.288 e. The maximum absolute atomic E-state index is 13.8. The molecule has 28 heavy (non-hydrogen) atoms. The molecule has 0 bridgehead atoms. The van der Waals surface area contributed by atoms with Crippen molar-refractivity contribution in [3.8, 4) is 0 Å². The first-order chi connectivity index (χ1) is 12.9. The van der Waals surface area contributed by atoms with Gasteiger partial charge in [-0.15, -0.1) is 0 Å². The summed E-state index contributed by atoms with van der Waals surface area (Å²) in [6.45, 7) is 24.7. The van der Waals surface area contributed by atoms with Crippen LogP contribution >= 0.6 is 0 Å². The Morgan fingerprint density at radius 1 is 0.893 bits per heavy atom. The second-order valence-corrected chi connectivity index (χ2v) is 9.06. The third-order valence-corrected chi connectivity index (χ3v) is 4.71. The summed E-state index contributed by atoms with van der Waals surface area (Å²) in [7, 11) is 0. The number of allylic oxidation sites excluding steroid dienone is 8. The van der Waals surface area contributed by atoms with Gasteiger partial charge in [0.05, 0.1) is 6.54 Å². The number of unbranched alkanes of at least 4 members (excludes halogenated alkanes) is 1. The molecule has 0 atom stereocenters. The third kappa shape index (κ3) is 9.30. The van der Waals surface area contributed by atoms with Gasteiger partial charge in [-0.3, -0.25) is 4.99 Å². The highest BCUT2D eigenvalue weighted by Gasteiger charge is 2.15. The largest absolute Gasteiger partial charge is 0.288 e. The van der Waals surface area contributed by atoms with Crippen molar-refractivity contribution in [2.45, 2.75) is 68.2 Å². The van der Waals surface area contributed by atoms with Gasteiger partial charge in [0, 0.05) is 6.21 Å². The normalized spacial score (nSPS) is 15.7. The van der Waals surface area contributed by atoms with Crippen LogP contribution in [0, 0.1) is 10.8 Å². The fourth-order valence-corrected chi connectivity index (χ4v) is 2.70. The molecule has 0 saturated heterocycles. The summed E-state index contributed by atoms with van der Waals surface area (Å²) in [5.41, 5.74) is 4.07. The summed E-state index contributed by atoms with van der Waals surface area (Å²) < 4.78 is 13.8. The summed E-state index contributed by atoms with van der Waals surface area (Å²) in [6, 6.07) is 0. The molecule has 0 N–H and O–H groups in total. The van der Waals surface area contributed by atoms with E-state index in [1.54, 1.807) is 6.92 Å². The molecule has 156 valence electrons. The van der Waals surface area contributed by atoms with Crippen LogP contribution < -0.4 is 0 Å². The molecule has 0 aromatic heterocycles. The fourth-order valence-electron chi connectivity index (χ4n) is 2.70. The average Bonchev–Trinajstić information content (AvgIpc) is 2.60. The monoisotopic (exact) mass is 385 g/mol. The second-order valence-electron chi connectivity index (χ2n) is 9.06. The summed E-state index contributed by atoms with van der Waals surface area (Å²) >= 11 is 0. The molecule has 0 fully saturated rings. The van der Waals surface area contributed by atoms with Gasteiger partial charge in [0.15, 0.2) is 0 Å². The van der Waals surface area contributed by atoms with Crippen molar-refractivity contribution in [1.82, 2.24) is 0 Å². The smallest absolute Gasteiger partial charge is 0.125 e. The van der Waals surface area contributed by atoms with Crippen LogP contribution in [-0.4, -0.2) is 12.8 Å². The zero-order valence-electron chi connectivity index (χ0n) is 19.3. The Morgan fingerprint density at radius 3 is 1.79 bits per heavy atom. The highest BCUT2D eigenvalue weighted by molar-refractivity contribution is 5.80. The topological polar surface area (TPSA) is 12.4 Å². The van der Waals surface area contributed by atoms with E-state index in [0.29, 0.717) is 12.1 Å². The first-order valence-electron chi connectivity index (χ1n) is 10.1.